The number of nitrogens with two attached hydrogens (primary N) is 1. The van der Waals surface area contributed by atoms with Crippen molar-refractivity contribution >= 4 is 44.3 Å². The Morgan fingerprint density at radius 1 is 1.11 bits per heavy atom. The van der Waals surface area contributed by atoms with Crippen LogP contribution in [0.25, 0.3) is 32.5 Å². The van der Waals surface area contributed by atoms with Gasteiger partial charge in [-0.05, 0) is 43.5 Å². The summed E-state index contributed by atoms with van der Waals surface area (Å²) in [6, 6.07) is 7.59. The van der Waals surface area contributed by atoms with Crippen molar-refractivity contribution in [1.29, 1.82) is 0 Å². The highest BCUT2D eigenvalue weighted by atomic mass is 32.1. The molecule has 0 radical (unpaired) electrons. The zero-order valence-corrected chi connectivity index (χ0v) is 16.8. The SMILES string of the molecule is Cc1c(C(N)=O)c(C)c2c(nc(-c3c(C(=O)O)sc4ccccc34)n2C)c1C. The van der Waals surface area contributed by atoms with E-state index >= 15 is 0 Å². The monoisotopic (exact) mass is 393 g/mol. The van der Waals surface area contributed by atoms with Gasteiger partial charge in [0, 0.05) is 22.7 Å². The number of aromatic nitrogens is 2. The Kier molecular flexibility index (Phi) is 4.01. The van der Waals surface area contributed by atoms with E-state index in [9.17, 15) is 14.7 Å². The van der Waals surface area contributed by atoms with E-state index in [0.29, 0.717) is 17.0 Å². The molecule has 142 valence electrons. The van der Waals surface area contributed by atoms with E-state index < -0.39 is 11.9 Å². The van der Waals surface area contributed by atoms with Crippen LogP contribution in [0.3, 0.4) is 0 Å². The second-order valence-corrected chi connectivity index (χ2v) is 7.97. The number of fused-ring (bicyclic) bond motifs is 2. The number of nitrogens with zero attached hydrogens (tertiary/aromatic N) is 2. The van der Waals surface area contributed by atoms with Gasteiger partial charge in [0.05, 0.1) is 16.6 Å². The molecule has 28 heavy (non-hydrogen) atoms. The lowest BCUT2D eigenvalue weighted by Gasteiger charge is -2.12. The number of carboxylic acid groups (broad SMARTS) is 1. The number of benzene rings is 2. The number of amides is 1. The highest BCUT2D eigenvalue weighted by Crippen LogP contribution is 2.40. The lowest BCUT2D eigenvalue weighted by molar-refractivity contribution is 0.0702. The van der Waals surface area contributed by atoms with Crippen molar-refractivity contribution in [3.8, 4) is 11.4 Å². The third kappa shape index (κ3) is 2.36. The van der Waals surface area contributed by atoms with E-state index in [1.165, 1.54) is 11.3 Å². The highest BCUT2D eigenvalue weighted by molar-refractivity contribution is 7.21. The molecule has 6 nitrogen and oxygen atoms in total. The molecule has 2 aromatic carbocycles. The summed E-state index contributed by atoms with van der Waals surface area (Å²) < 4.78 is 2.76. The van der Waals surface area contributed by atoms with Crippen LogP contribution in [0.2, 0.25) is 0 Å². The number of primary amides is 1. The minimum Gasteiger partial charge on any atom is -0.477 e. The number of carboxylic acids is 1. The molecule has 7 heteroatoms. The van der Waals surface area contributed by atoms with Crippen LogP contribution in [0.1, 0.15) is 36.7 Å². The first kappa shape index (κ1) is 18.2. The van der Waals surface area contributed by atoms with Gasteiger partial charge in [-0.2, -0.15) is 0 Å². The summed E-state index contributed by atoms with van der Waals surface area (Å²) in [4.78, 5) is 29.0. The molecule has 0 aliphatic carbocycles. The number of thiophene rings is 1. The molecular weight excluding hydrogens is 374 g/mol. The van der Waals surface area contributed by atoms with Crippen molar-refractivity contribution in [3.05, 3.63) is 51.4 Å². The zero-order chi connectivity index (χ0) is 20.3. The van der Waals surface area contributed by atoms with Gasteiger partial charge in [-0.3, -0.25) is 4.79 Å². The summed E-state index contributed by atoms with van der Waals surface area (Å²) in [6.07, 6.45) is 0. The molecule has 0 fully saturated rings. The second kappa shape index (κ2) is 6.17. The molecule has 1 amide bonds. The van der Waals surface area contributed by atoms with Crippen LogP contribution in [0.4, 0.5) is 0 Å². The number of aromatic carboxylic acids is 1. The summed E-state index contributed by atoms with van der Waals surface area (Å²) in [7, 11) is 1.84. The first-order valence-electron chi connectivity index (χ1n) is 8.75. The third-order valence-corrected chi connectivity index (χ3v) is 6.54. The Hall–Kier alpha value is -3.19. The Morgan fingerprint density at radius 2 is 1.79 bits per heavy atom. The van der Waals surface area contributed by atoms with E-state index in [4.69, 9.17) is 10.7 Å². The van der Waals surface area contributed by atoms with E-state index in [-0.39, 0.29) is 4.88 Å². The van der Waals surface area contributed by atoms with Crippen LogP contribution < -0.4 is 5.73 Å². The molecule has 4 rings (SSSR count). The first-order valence-corrected chi connectivity index (χ1v) is 9.56. The maximum Gasteiger partial charge on any atom is 0.346 e. The lowest BCUT2D eigenvalue weighted by atomic mass is 9.96. The van der Waals surface area contributed by atoms with E-state index in [1.807, 2.05) is 56.7 Å². The number of hydrogen-bond donors (Lipinski definition) is 2. The molecule has 0 unspecified atom stereocenters. The van der Waals surface area contributed by atoms with Gasteiger partial charge in [0.2, 0.25) is 5.91 Å². The van der Waals surface area contributed by atoms with Gasteiger partial charge in [0.25, 0.3) is 0 Å². The number of aryl methyl sites for hydroxylation is 3. The van der Waals surface area contributed by atoms with E-state index in [2.05, 4.69) is 0 Å². The van der Waals surface area contributed by atoms with Crippen molar-refractivity contribution in [3.63, 3.8) is 0 Å². The van der Waals surface area contributed by atoms with Gasteiger partial charge in [-0.15, -0.1) is 11.3 Å². The molecule has 4 aromatic rings. The smallest absolute Gasteiger partial charge is 0.346 e. The molecule has 0 spiro atoms. The predicted molar refractivity (Wildman–Crippen MR) is 111 cm³/mol. The van der Waals surface area contributed by atoms with E-state index in [1.54, 1.807) is 0 Å². The molecule has 0 saturated carbocycles. The molecule has 3 N–H and O–H groups in total. The standard InChI is InChI=1S/C21H19N3O3S/c1-9-10(2)16-17(11(3)14(9)19(22)25)24(4)20(23-16)15-12-7-5-6-8-13(12)28-18(15)21(26)27/h5-8H,1-4H3,(H2,22,25)(H,26,27). The van der Waals surface area contributed by atoms with Crippen LogP contribution in [0.15, 0.2) is 24.3 Å². The highest BCUT2D eigenvalue weighted by Gasteiger charge is 2.26. The molecule has 0 bridgehead atoms. The Labute approximate surface area is 165 Å². The summed E-state index contributed by atoms with van der Waals surface area (Å²) >= 11 is 1.24. The topological polar surface area (TPSA) is 98.2 Å². The minimum atomic E-state index is -0.981. The van der Waals surface area contributed by atoms with Gasteiger partial charge in [0.1, 0.15) is 10.7 Å². The minimum absolute atomic E-state index is 0.252. The fourth-order valence-corrected chi connectivity index (χ4v) is 5.00. The normalized spacial score (nSPS) is 11.4. The van der Waals surface area contributed by atoms with Crippen molar-refractivity contribution in [2.24, 2.45) is 12.8 Å². The van der Waals surface area contributed by atoms with Crippen LogP contribution in [0, 0.1) is 20.8 Å². The van der Waals surface area contributed by atoms with Crippen molar-refractivity contribution in [2.45, 2.75) is 20.8 Å². The fraction of sp³-hybridized carbons (Fsp3) is 0.190. The van der Waals surface area contributed by atoms with Gasteiger partial charge >= 0.3 is 5.97 Å². The largest absolute Gasteiger partial charge is 0.477 e. The second-order valence-electron chi connectivity index (χ2n) is 6.91. The molecule has 2 aromatic heterocycles. The molecule has 0 saturated heterocycles. The summed E-state index contributed by atoms with van der Waals surface area (Å²) in [5.41, 5.74) is 10.7. The average molecular weight is 393 g/mol. The molecule has 0 aliphatic rings. The van der Waals surface area contributed by atoms with Crippen molar-refractivity contribution < 1.29 is 14.7 Å². The van der Waals surface area contributed by atoms with Gasteiger partial charge in [0.15, 0.2) is 0 Å². The number of carbonyl (C=O) groups is 2. The third-order valence-electron chi connectivity index (χ3n) is 5.38. The number of imidazole rings is 1. The zero-order valence-electron chi connectivity index (χ0n) is 16.0. The van der Waals surface area contributed by atoms with Crippen LogP contribution in [-0.4, -0.2) is 26.5 Å². The van der Waals surface area contributed by atoms with E-state index in [0.717, 1.165) is 37.8 Å². The maximum absolute atomic E-state index is 12.0. The molecule has 0 atom stereocenters. The fourth-order valence-electron chi connectivity index (χ4n) is 3.97. The molecule has 0 aliphatic heterocycles. The Bertz CT molecular complexity index is 1310. The average Bonchev–Trinajstić information content (AvgIpc) is 3.18. The molecule has 2 heterocycles. The number of rotatable bonds is 3. The Morgan fingerprint density at radius 3 is 2.43 bits per heavy atom. The van der Waals surface area contributed by atoms with Crippen molar-refractivity contribution in [1.82, 2.24) is 9.55 Å². The summed E-state index contributed by atoms with van der Waals surface area (Å²) in [5.74, 6) is -0.891. The van der Waals surface area contributed by atoms with Crippen LogP contribution in [0.5, 0.6) is 0 Å². The number of carbonyl (C=O) groups excluding carboxylic acids is 1. The van der Waals surface area contributed by atoms with Gasteiger partial charge in [-0.25, -0.2) is 9.78 Å². The van der Waals surface area contributed by atoms with Crippen molar-refractivity contribution in [2.75, 3.05) is 0 Å². The molecular formula is C21H19N3O3S. The predicted octanol–water partition coefficient (Wildman–Crippen LogP) is 4.18. The maximum atomic E-state index is 12.0. The summed E-state index contributed by atoms with van der Waals surface area (Å²) in [6.45, 7) is 5.62. The quantitative estimate of drug-likeness (QED) is 0.545. The summed E-state index contributed by atoms with van der Waals surface area (Å²) in [5, 5.41) is 10.6. The lowest BCUT2D eigenvalue weighted by Crippen LogP contribution is -2.16. The van der Waals surface area contributed by atoms with Crippen LogP contribution >= 0.6 is 11.3 Å². The number of hydrogen-bond acceptors (Lipinski definition) is 4. The van der Waals surface area contributed by atoms with Gasteiger partial charge < -0.3 is 15.4 Å². The Balaban J connectivity index is 2.17. The van der Waals surface area contributed by atoms with Gasteiger partial charge in [-0.1, -0.05) is 18.2 Å². The first-order chi connectivity index (χ1) is 13.2. The van der Waals surface area contributed by atoms with Crippen LogP contribution in [-0.2, 0) is 7.05 Å².